The van der Waals surface area contributed by atoms with Crippen molar-refractivity contribution in [1.82, 2.24) is 0 Å². The van der Waals surface area contributed by atoms with Crippen LogP contribution in [0.5, 0.6) is 0 Å². The number of oxime groups is 1. The molecule has 0 aliphatic heterocycles. The van der Waals surface area contributed by atoms with E-state index < -0.39 is 5.54 Å². The van der Waals surface area contributed by atoms with Gasteiger partial charge in [0.25, 0.3) is 0 Å². The van der Waals surface area contributed by atoms with E-state index in [1.54, 1.807) is 13.8 Å². The van der Waals surface area contributed by atoms with Gasteiger partial charge in [-0.25, -0.2) is 0 Å². The van der Waals surface area contributed by atoms with Crippen LogP contribution in [-0.4, -0.2) is 17.0 Å². The minimum Gasteiger partial charge on any atom is -0.411 e. The summed E-state index contributed by atoms with van der Waals surface area (Å²) in [6.07, 6.45) is 1.27. The fourth-order valence-electron chi connectivity index (χ4n) is 0.149. The molecule has 0 amide bonds. The second-order valence-electron chi connectivity index (χ2n) is 2.07. The number of nitrogens with zero attached hydrogens (tertiary/aromatic N) is 1. The molecule has 0 bridgehead atoms. The molecule has 0 spiro atoms. The average Bonchev–Trinajstić information content (AvgIpc) is 1.30. The largest absolute Gasteiger partial charge is 0.411 e. The second kappa shape index (κ2) is 1.93. The fraction of sp³-hybridized carbons (Fsp3) is 0.750. The van der Waals surface area contributed by atoms with Crippen molar-refractivity contribution in [3.8, 4) is 0 Å². The van der Waals surface area contributed by atoms with Crippen molar-refractivity contribution in [3.63, 3.8) is 0 Å². The standard InChI is InChI=1S/C4H10N2O/c1-4(2,5)3-6-7/h3,7H,5H2,1-2H3/b6-3-. The van der Waals surface area contributed by atoms with Crippen molar-refractivity contribution < 1.29 is 5.21 Å². The van der Waals surface area contributed by atoms with Crippen molar-refractivity contribution in [2.75, 3.05) is 0 Å². The summed E-state index contributed by atoms with van der Waals surface area (Å²) in [5.74, 6) is 0. The van der Waals surface area contributed by atoms with Gasteiger partial charge in [0.2, 0.25) is 0 Å². The first-order chi connectivity index (χ1) is 3.06. The van der Waals surface area contributed by atoms with Gasteiger partial charge >= 0.3 is 0 Å². The van der Waals surface area contributed by atoms with Crippen LogP contribution in [0.2, 0.25) is 0 Å². The van der Waals surface area contributed by atoms with E-state index in [9.17, 15) is 0 Å². The third kappa shape index (κ3) is 5.43. The number of nitrogens with two attached hydrogens (primary N) is 1. The zero-order valence-corrected chi connectivity index (χ0v) is 4.55. The molecule has 0 rings (SSSR count). The summed E-state index contributed by atoms with van der Waals surface area (Å²) in [6, 6.07) is 0. The molecule has 0 radical (unpaired) electrons. The molecule has 0 aromatic heterocycles. The molecule has 3 nitrogen and oxygen atoms in total. The monoisotopic (exact) mass is 102 g/mol. The molecule has 42 valence electrons. The van der Waals surface area contributed by atoms with Crippen molar-refractivity contribution >= 4 is 6.21 Å². The lowest BCUT2D eigenvalue weighted by molar-refractivity contribution is 0.318. The van der Waals surface area contributed by atoms with Gasteiger partial charge in [-0.1, -0.05) is 0 Å². The van der Waals surface area contributed by atoms with Crippen molar-refractivity contribution in [1.29, 1.82) is 0 Å². The predicted octanol–water partition coefficient (Wildman–Crippen LogP) is 0.184. The minimum atomic E-state index is -0.491. The Bertz CT molecular complexity index is 72.2. The Balaban J connectivity index is 3.56. The average molecular weight is 102 g/mol. The molecule has 0 unspecified atom stereocenters. The predicted molar refractivity (Wildman–Crippen MR) is 28.5 cm³/mol. The van der Waals surface area contributed by atoms with Crippen LogP contribution in [0.4, 0.5) is 0 Å². The van der Waals surface area contributed by atoms with E-state index in [1.165, 1.54) is 6.21 Å². The third-order valence-corrected chi connectivity index (χ3v) is 0.390. The molecule has 0 saturated carbocycles. The molecule has 0 aromatic carbocycles. The van der Waals surface area contributed by atoms with E-state index in [0.717, 1.165) is 0 Å². The lowest BCUT2D eigenvalue weighted by atomic mass is 10.1. The Morgan fingerprint density at radius 2 is 2.14 bits per heavy atom. The van der Waals surface area contributed by atoms with E-state index in [0.29, 0.717) is 0 Å². The number of hydrogen-bond donors (Lipinski definition) is 2. The smallest absolute Gasteiger partial charge is 0.0629 e. The van der Waals surface area contributed by atoms with Crippen LogP contribution < -0.4 is 5.73 Å². The van der Waals surface area contributed by atoms with Crippen LogP contribution in [0.25, 0.3) is 0 Å². The van der Waals surface area contributed by atoms with Gasteiger partial charge in [0.1, 0.15) is 0 Å². The van der Waals surface area contributed by atoms with Crippen LogP contribution in [0.3, 0.4) is 0 Å². The van der Waals surface area contributed by atoms with Gasteiger partial charge in [-0.2, -0.15) is 0 Å². The van der Waals surface area contributed by atoms with E-state index >= 15 is 0 Å². The van der Waals surface area contributed by atoms with Crippen molar-refractivity contribution in [2.45, 2.75) is 19.4 Å². The summed E-state index contributed by atoms with van der Waals surface area (Å²) in [5.41, 5.74) is 4.85. The fourth-order valence-corrected chi connectivity index (χ4v) is 0.149. The van der Waals surface area contributed by atoms with Gasteiger partial charge in [-0.3, -0.25) is 0 Å². The molecular formula is C4H10N2O. The quantitative estimate of drug-likeness (QED) is 0.282. The van der Waals surface area contributed by atoms with Gasteiger partial charge in [0.15, 0.2) is 0 Å². The highest BCUT2D eigenvalue weighted by molar-refractivity contribution is 5.67. The molecule has 0 atom stereocenters. The maximum atomic E-state index is 7.89. The molecule has 0 aromatic rings. The van der Waals surface area contributed by atoms with E-state index in [4.69, 9.17) is 10.9 Å². The lowest BCUT2D eigenvalue weighted by Crippen LogP contribution is -2.33. The van der Waals surface area contributed by atoms with Gasteiger partial charge < -0.3 is 10.9 Å². The van der Waals surface area contributed by atoms with Gasteiger partial charge in [0, 0.05) is 5.54 Å². The SMILES string of the molecule is CC(C)(N)/C=N\O. The second-order valence-corrected chi connectivity index (χ2v) is 2.07. The van der Waals surface area contributed by atoms with Crippen LogP contribution in [0.1, 0.15) is 13.8 Å². The normalized spacial score (nSPS) is 13.0. The maximum Gasteiger partial charge on any atom is 0.0629 e. The van der Waals surface area contributed by atoms with Gasteiger partial charge in [-0.05, 0) is 13.8 Å². The molecule has 0 aliphatic carbocycles. The summed E-state index contributed by atoms with van der Waals surface area (Å²) < 4.78 is 0. The molecule has 0 heterocycles. The Morgan fingerprint density at radius 1 is 1.71 bits per heavy atom. The Morgan fingerprint density at radius 3 is 2.14 bits per heavy atom. The summed E-state index contributed by atoms with van der Waals surface area (Å²) in [5, 5.41) is 10.6. The molecule has 0 fully saturated rings. The topological polar surface area (TPSA) is 58.6 Å². The highest BCUT2D eigenvalue weighted by Gasteiger charge is 2.04. The Labute approximate surface area is 42.8 Å². The molecular weight excluding hydrogens is 92.1 g/mol. The highest BCUT2D eigenvalue weighted by atomic mass is 16.4. The van der Waals surface area contributed by atoms with Crippen LogP contribution in [0, 0.1) is 0 Å². The van der Waals surface area contributed by atoms with Crippen molar-refractivity contribution in [2.24, 2.45) is 10.9 Å². The molecule has 0 aliphatic rings. The molecule has 3 heteroatoms. The first kappa shape index (κ1) is 6.43. The van der Waals surface area contributed by atoms with Crippen molar-refractivity contribution in [3.05, 3.63) is 0 Å². The van der Waals surface area contributed by atoms with Gasteiger partial charge in [-0.15, -0.1) is 5.16 Å². The maximum absolute atomic E-state index is 7.89. The zero-order valence-electron chi connectivity index (χ0n) is 4.55. The molecule has 0 saturated heterocycles. The Hall–Kier alpha value is -0.570. The van der Waals surface area contributed by atoms with Crippen LogP contribution >= 0.6 is 0 Å². The lowest BCUT2D eigenvalue weighted by Gasteiger charge is -2.07. The van der Waals surface area contributed by atoms with E-state index in [1.807, 2.05) is 0 Å². The highest BCUT2D eigenvalue weighted by Crippen LogP contribution is 1.87. The number of hydrogen-bond acceptors (Lipinski definition) is 3. The number of rotatable bonds is 1. The van der Waals surface area contributed by atoms with E-state index in [-0.39, 0.29) is 0 Å². The summed E-state index contributed by atoms with van der Waals surface area (Å²) in [6.45, 7) is 3.49. The first-order valence-electron chi connectivity index (χ1n) is 2.04. The summed E-state index contributed by atoms with van der Waals surface area (Å²) >= 11 is 0. The van der Waals surface area contributed by atoms with Crippen LogP contribution in [-0.2, 0) is 0 Å². The third-order valence-electron chi connectivity index (χ3n) is 0.390. The minimum absolute atomic E-state index is 0.491. The molecule has 3 N–H and O–H groups in total. The summed E-state index contributed by atoms with van der Waals surface area (Å²) in [4.78, 5) is 0. The zero-order chi connectivity index (χ0) is 5.91. The van der Waals surface area contributed by atoms with Gasteiger partial charge in [0.05, 0.1) is 6.21 Å². The first-order valence-corrected chi connectivity index (χ1v) is 2.04. The van der Waals surface area contributed by atoms with E-state index in [2.05, 4.69) is 5.16 Å². The Kier molecular flexibility index (Phi) is 1.77. The van der Waals surface area contributed by atoms with Crippen LogP contribution in [0.15, 0.2) is 5.16 Å². The molecule has 7 heavy (non-hydrogen) atoms. The summed E-state index contributed by atoms with van der Waals surface area (Å²) in [7, 11) is 0.